The fourth-order valence-electron chi connectivity index (χ4n) is 1.78. The van der Waals surface area contributed by atoms with Gasteiger partial charge in [-0.2, -0.15) is 0 Å². The Kier molecular flexibility index (Phi) is 1.95. The SMILES string of the molecule is COC(=O)C1(c2ccccc2O)CC1. The molecule has 0 bridgehead atoms. The molecule has 0 heterocycles. The van der Waals surface area contributed by atoms with Gasteiger partial charge in [0.05, 0.1) is 12.5 Å². The molecule has 14 heavy (non-hydrogen) atoms. The Balaban J connectivity index is 2.40. The van der Waals surface area contributed by atoms with Crippen molar-refractivity contribution in [2.24, 2.45) is 0 Å². The van der Waals surface area contributed by atoms with Gasteiger partial charge in [-0.25, -0.2) is 0 Å². The molecule has 1 fully saturated rings. The molecule has 74 valence electrons. The van der Waals surface area contributed by atoms with E-state index in [0.717, 1.165) is 12.8 Å². The van der Waals surface area contributed by atoms with Crippen LogP contribution in [0.4, 0.5) is 0 Å². The van der Waals surface area contributed by atoms with Gasteiger partial charge in [-0.15, -0.1) is 0 Å². The Bertz CT molecular complexity index is 367. The van der Waals surface area contributed by atoms with Crippen LogP contribution < -0.4 is 0 Å². The molecule has 0 radical (unpaired) electrons. The van der Waals surface area contributed by atoms with Crippen molar-refractivity contribution >= 4 is 5.97 Å². The van der Waals surface area contributed by atoms with Crippen molar-refractivity contribution in [3.63, 3.8) is 0 Å². The Labute approximate surface area is 82.3 Å². The Hall–Kier alpha value is -1.51. The van der Waals surface area contributed by atoms with Gasteiger partial charge < -0.3 is 9.84 Å². The molecule has 1 aromatic carbocycles. The van der Waals surface area contributed by atoms with Crippen molar-refractivity contribution in [1.29, 1.82) is 0 Å². The molecule has 0 aromatic heterocycles. The molecule has 0 aliphatic heterocycles. The van der Waals surface area contributed by atoms with Gasteiger partial charge in [-0.05, 0) is 18.9 Å². The summed E-state index contributed by atoms with van der Waals surface area (Å²) in [5, 5.41) is 9.62. The van der Waals surface area contributed by atoms with E-state index in [-0.39, 0.29) is 11.7 Å². The van der Waals surface area contributed by atoms with E-state index in [4.69, 9.17) is 4.74 Å². The largest absolute Gasteiger partial charge is 0.508 e. The summed E-state index contributed by atoms with van der Waals surface area (Å²) in [6, 6.07) is 6.93. The molecule has 1 saturated carbocycles. The van der Waals surface area contributed by atoms with E-state index < -0.39 is 5.41 Å². The van der Waals surface area contributed by atoms with Gasteiger partial charge in [0.2, 0.25) is 0 Å². The molecule has 1 aliphatic rings. The summed E-state index contributed by atoms with van der Waals surface area (Å²) in [6.07, 6.45) is 1.52. The number of methoxy groups -OCH3 is 1. The summed E-state index contributed by atoms with van der Waals surface area (Å²) in [7, 11) is 1.38. The summed E-state index contributed by atoms with van der Waals surface area (Å²) < 4.78 is 4.74. The number of esters is 1. The first kappa shape index (κ1) is 9.06. The van der Waals surface area contributed by atoms with Crippen molar-refractivity contribution in [1.82, 2.24) is 0 Å². The van der Waals surface area contributed by atoms with E-state index in [0.29, 0.717) is 5.56 Å². The molecular weight excluding hydrogens is 180 g/mol. The van der Waals surface area contributed by atoms with Crippen LogP contribution in [0.5, 0.6) is 5.75 Å². The summed E-state index contributed by atoms with van der Waals surface area (Å²) in [6.45, 7) is 0. The lowest BCUT2D eigenvalue weighted by atomic mass is 9.95. The van der Waals surface area contributed by atoms with Crippen LogP contribution in [0.3, 0.4) is 0 Å². The third-order valence-electron chi connectivity index (χ3n) is 2.75. The van der Waals surface area contributed by atoms with E-state index in [1.54, 1.807) is 18.2 Å². The van der Waals surface area contributed by atoms with Crippen LogP contribution in [0.1, 0.15) is 18.4 Å². The third-order valence-corrected chi connectivity index (χ3v) is 2.75. The van der Waals surface area contributed by atoms with Crippen LogP contribution in [0.15, 0.2) is 24.3 Å². The standard InChI is InChI=1S/C11H12O3/c1-14-10(13)11(6-7-11)8-4-2-3-5-9(8)12/h2-5,12H,6-7H2,1H3. The predicted octanol–water partition coefficient (Wildman–Crippen LogP) is 1.60. The molecule has 1 aromatic rings. The van der Waals surface area contributed by atoms with Crippen molar-refractivity contribution in [2.75, 3.05) is 7.11 Å². The zero-order valence-corrected chi connectivity index (χ0v) is 7.99. The second-order valence-electron chi connectivity index (χ2n) is 3.59. The highest BCUT2D eigenvalue weighted by Gasteiger charge is 2.53. The van der Waals surface area contributed by atoms with Crippen molar-refractivity contribution < 1.29 is 14.6 Å². The van der Waals surface area contributed by atoms with Crippen molar-refractivity contribution in [3.05, 3.63) is 29.8 Å². The van der Waals surface area contributed by atoms with Gasteiger partial charge in [0.1, 0.15) is 5.75 Å². The predicted molar refractivity (Wildman–Crippen MR) is 51.0 cm³/mol. The maximum atomic E-state index is 11.5. The van der Waals surface area contributed by atoms with Crippen molar-refractivity contribution in [3.8, 4) is 5.75 Å². The Morgan fingerprint density at radius 3 is 2.57 bits per heavy atom. The first-order chi connectivity index (χ1) is 6.70. The van der Waals surface area contributed by atoms with Crippen LogP contribution in [-0.4, -0.2) is 18.2 Å². The number of phenolic OH excluding ortho intramolecular Hbond substituents is 1. The maximum absolute atomic E-state index is 11.5. The zero-order valence-electron chi connectivity index (χ0n) is 7.99. The number of rotatable bonds is 2. The molecule has 0 amide bonds. The third kappa shape index (κ3) is 1.16. The first-order valence-electron chi connectivity index (χ1n) is 4.57. The smallest absolute Gasteiger partial charge is 0.316 e. The lowest BCUT2D eigenvalue weighted by Gasteiger charge is -2.13. The van der Waals surface area contributed by atoms with Crippen LogP contribution in [0.25, 0.3) is 0 Å². The molecule has 0 spiro atoms. The molecule has 0 atom stereocenters. The average Bonchev–Trinajstić information content (AvgIpc) is 2.98. The van der Waals surface area contributed by atoms with Crippen LogP contribution in [-0.2, 0) is 14.9 Å². The number of ether oxygens (including phenoxy) is 1. The number of carbonyl (C=O) groups is 1. The highest BCUT2D eigenvalue weighted by molar-refractivity contribution is 5.87. The van der Waals surface area contributed by atoms with Crippen molar-refractivity contribution in [2.45, 2.75) is 18.3 Å². The molecule has 0 unspecified atom stereocenters. The van der Waals surface area contributed by atoms with E-state index in [9.17, 15) is 9.90 Å². The fourth-order valence-corrected chi connectivity index (χ4v) is 1.78. The summed E-state index contributed by atoms with van der Waals surface area (Å²) in [4.78, 5) is 11.5. The lowest BCUT2D eigenvalue weighted by molar-refractivity contribution is -0.143. The second-order valence-corrected chi connectivity index (χ2v) is 3.59. The normalized spacial score (nSPS) is 17.5. The first-order valence-corrected chi connectivity index (χ1v) is 4.57. The molecule has 0 saturated heterocycles. The number of hydrogen-bond donors (Lipinski definition) is 1. The maximum Gasteiger partial charge on any atom is 0.316 e. The number of hydrogen-bond acceptors (Lipinski definition) is 3. The second kappa shape index (κ2) is 3.01. The highest BCUT2D eigenvalue weighted by atomic mass is 16.5. The molecule has 1 N–H and O–H groups in total. The number of aromatic hydroxyl groups is 1. The minimum absolute atomic E-state index is 0.176. The van der Waals surface area contributed by atoms with Gasteiger partial charge in [0, 0.05) is 5.56 Å². The fraction of sp³-hybridized carbons (Fsp3) is 0.364. The van der Waals surface area contributed by atoms with E-state index in [1.165, 1.54) is 7.11 Å². The quantitative estimate of drug-likeness (QED) is 0.724. The Morgan fingerprint density at radius 1 is 1.43 bits per heavy atom. The van der Waals surface area contributed by atoms with Gasteiger partial charge in [-0.3, -0.25) is 4.79 Å². The minimum Gasteiger partial charge on any atom is -0.508 e. The number of carbonyl (C=O) groups excluding carboxylic acids is 1. The summed E-state index contributed by atoms with van der Waals surface area (Å²) in [5.41, 5.74) is 0.118. The van der Waals surface area contributed by atoms with Gasteiger partial charge in [0.25, 0.3) is 0 Å². The van der Waals surface area contributed by atoms with Crippen LogP contribution in [0, 0.1) is 0 Å². The molecule has 2 rings (SSSR count). The van der Waals surface area contributed by atoms with Gasteiger partial charge in [0.15, 0.2) is 0 Å². The monoisotopic (exact) mass is 192 g/mol. The molecular formula is C11H12O3. The summed E-state index contributed by atoms with van der Waals surface area (Å²) >= 11 is 0. The summed E-state index contributed by atoms with van der Waals surface area (Å²) in [5.74, 6) is -0.0746. The minimum atomic E-state index is -0.569. The topological polar surface area (TPSA) is 46.5 Å². The number of benzene rings is 1. The highest BCUT2D eigenvalue weighted by Crippen LogP contribution is 2.51. The lowest BCUT2D eigenvalue weighted by Crippen LogP contribution is -2.21. The Morgan fingerprint density at radius 2 is 2.07 bits per heavy atom. The number of para-hydroxylation sites is 1. The number of phenols is 1. The van der Waals surface area contributed by atoms with Gasteiger partial charge in [-0.1, -0.05) is 18.2 Å². The molecule has 1 aliphatic carbocycles. The van der Waals surface area contributed by atoms with E-state index in [2.05, 4.69) is 0 Å². The zero-order chi connectivity index (χ0) is 10.2. The van der Waals surface area contributed by atoms with Crippen LogP contribution in [0.2, 0.25) is 0 Å². The molecule has 3 nitrogen and oxygen atoms in total. The molecule has 3 heteroatoms. The van der Waals surface area contributed by atoms with E-state index in [1.807, 2.05) is 6.07 Å². The van der Waals surface area contributed by atoms with Gasteiger partial charge >= 0.3 is 5.97 Å². The van der Waals surface area contributed by atoms with Crippen LogP contribution >= 0.6 is 0 Å². The van der Waals surface area contributed by atoms with E-state index >= 15 is 0 Å². The average molecular weight is 192 g/mol.